The second-order valence-electron chi connectivity index (χ2n) is 8.20. The van der Waals surface area contributed by atoms with Crippen LogP contribution in [0.2, 0.25) is 10.0 Å². The lowest BCUT2D eigenvalue weighted by Gasteiger charge is -2.26. The van der Waals surface area contributed by atoms with Crippen molar-refractivity contribution in [3.63, 3.8) is 0 Å². The SMILES string of the molecule is COc1c(Cl)cc(Cl)cc1/C(O)=C1\C(=O)C(=O)N(Cc2ccccn2)C1c1ccc(N(C)C)cc1. The predicted octanol–water partition coefficient (Wildman–Crippen LogP) is 5.08. The molecule has 9 heteroatoms. The molecule has 35 heavy (non-hydrogen) atoms. The van der Waals surface area contributed by atoms with Crippen LogP contribution < -0.4 is 9.64 Å². The van der Waals surface area contributed by atoms with Crippen molar-refractivity contribution in [1.82, 2.24) is 9.88 Å². The number of methoxy groups -OCH3 is 1. The van der Waals surface area contributed by atoms with Gasteiger partial charge in [-0.15, -0.1) is 0 Å². The first kappa shape index (κ1) is 24.6. The molecule has 0 saturated carbocycles. The minimum absolute atomic E-state index is 0.0791. The topological polar surface area (TPSA) is 83.0 Å². The van der Waals surface area contributed by atoms with Crippen molar-refractivity contribution in [1.29, 1.82) is 0 Å². The van der Waals surface area contributed by atoms with E-state index < -0.39 is 23.5 Å². The quantitative estimate of drug-likeness (QED) is 0.282. The lowest BCUT2D eigenvalue weighted by molar-refractivity contribution is -0.140. The third-order valence-corrected chi connectivity index (χ3v) is 6.29. The fourth-order valence-electron chi connectivity index (χ4n) is 4.10. The first-order chi connectivity index (χ1) is 16.7. The summed E-state index contributed by atoms with van der Waals surface area (Å²) in [4.78, 5) is 34.2. The summed E-state index contributed by atoms with van der Waals surface area (Å²) < 4.78 is 5.37. The van der Waals surface area contributed by atoms with Gasteiger partial charge in [0, 0.05) is 31.0 Å². The zero-order valence-corrected chi connectivity index (χ0v) is 20.8. The number of pyridine rings is 1. The van der Waals surface area contributed by atoms with E-state index in [4.69, 9.17) is 27.9 Å². The maximum atomic E-state index is 13.3. The van der Waals surface area contributed by atoms with Gasteiger partial charge in [-0.25, -0.2) is 0 Å². The number of ether oxygens (including phenoxy) is 1. The van der Waals surface area contributed by atoms with E-state index in [-0.39, 0.29) is 33.5 Å². The van der Waals surface area contributed by atoms with Crippen LogP contribution in [0.25, 0.3) is 5.76 Å². The maximum absolute atomic E-state index is 13.3. The smallest absolute Gasteiger partial charge is 0.296 e. The molecule has 0 radical (unpaired) electrons. The summed E-state index contributed by atoms with van der Waals surface area (Å²) in [5.74, 6) is -1.84. The molecule has 1 fully saturated rings. The number of halogens is 2. The van der Waals surface area contributed by atoms with Crippen molar-refractivity contribution in [2.24, 2.45) is 0 Å². The van der Waals surface area contributed by atoms with Crippen molar-refractivity contribution in [2.45, 2.75) is 12.6 Å². The van der Waals surface area contributed by atoms with Crippen molar-refractivity contribution in [2.75, 3.05) is 26.1 Å². The van der Waals surface area contributed by atoms with Crippen LogP contribution in [-0.4, -0.2) is 47.9 Å². The van der Waals surface area contributed by atoms with E-state index in [1.54, 1.807) is 24.4 Å². The fraction of sp³-hybridized carbons (Fsp3) is 0.192. The lowest BCUT2D eigenvalue weighted by Crippen LogP contribution is -2.29. The zero-order valence-electron chi connectivity index (χ0n) is 19.3. The second kappa shape index (κ2) is 9.98. The lowest BCUT2D eigenvalue weighted by atomic mass is 9.94. The number of benzene rings is 2. The summed E-state index contributed by atoms with van der Waals surface area (Å²) in [7, 11) is 5.22. The highest BCUT2D eigenvalue weighted by Gasteiger charge is 2.46. The Morgan fingerprint density at radius 1 is 1.11 bits per heavy atom. The number of carbonyl (C=O) groups excluding carboxylic acids is 2. The molecule has 1 aliphatic heterocycles. The average molecular weight is 512 g/mol. The average Bonchev–Trinajstić information content (AvgIpc) is 3.08. The number of aliphatic hydroxyl groups excluding tert-OH is 1. The van der Waals surface area contributed by atoms with Gasteiger partial charge in [-0.1, -0.05) is 41.4 Å². The predicted molar refractivity (Wildman–Crippen MR) is 136 cm³/mol. The van der Waals surface area contributed by atoms with Gasteiger partial charge in [-0.2, -0.15) is 0 Å². The first-order valence-corrected chi connectivity index (χ1v) is 11.5. The van der Waals surface area contributed by atoms with Crippen LogP contribution >= 0.6 is 23.2 Å². The molecule has 7 nitrogen and oxygen atoms in total. The Balaban J connectivity index is 1.92. The van der Waals surface area contributed by atoms with Crippen molar-refractivity contribution >= 4 is 46.3 Å². The normalized spacial score (nSPS) is 17.1. The number of carbonyl (C=O) groups is 2. The van der Waals surface area contributed by atoms with Crippen molar-refractivity contribution < 1.29 is 19.4 Å². The molecular weight excluding hydrogens is 489 g/mol. The molecule has 1 N–H and O–H groups in total. The highest BCUT2D eigenvalue weighted by molar-refractivity contribution is 6.46. The number of Topliss-reactive ketones (excluding diaryl/α,β-unsaturated/α-hetero) is 1. The van der Waals surface area contributed by atoms with Gasteiger partial charge >= 0.3 is 0 Å². The molecule has 1 aromatic heterocycles. The summed E-state index contributed by atoms with van der Waals surface area (Å²) in [6, 6.07) is 14.8. The molecular formula is C26H23Cl2N3O4. The number of hydrogen-bond acceptors (Lipinski definition) is 6. The number of anilines is 1. The van der Waals surface area contributed by atoms with Crippen molar-refractivity contribution in [3.8, 4) is 5.75 Å². The highest BCUT2D eigenvalue weighted by Crippen LogP contribution is 2.43. The Morgan fingerprint density at radius 3 is 2.43 bits per heavy atom. The Morgan fingerprint density at radius 2 is 1.83 bits per heavy atom. The molecule has 0 bridgehead atoms. The number of rotatable bonds is 6. The molecule has 1 saturated heterocycles. The standard InChI is InChI=1S/C26H23Cl2N3O4/c1-30(2)18-9-7-15(8-10-18)22-21(23(32)19-12-16(27)13-20(28)25(19)35-3)24(33)26(34)31(22)14-17-6-4-5-11-29-17/h4-13,22,32H,14H2,1-3H3/b23-21+. The third-order valence-electron chi connectivity index (χ3n) is 5.79. The number of aliphatic hydroxyl groups is 1. The van der Waals surface area contributed by atoms with Gasteiger partial charge in [-0.05, 0) is 42.0 Å². The van der Waals surface area contributed by atoms with Crippen LogP contribution in [0.4, 0.5) is 5.69 Å². The van der Waals surface area contributed by atoms with Crippen LogP contribution in [-0.2, 0) is 16.1 Å². The van der Waals surface area contributed by atoms with Gasteiger partial charge in [0.05, 0.1) is 41.5 Å². The number of hydrogen-bond donors (Lipinski definition) is 1. The summed E-state index contributed by atoms with van der Waals surface area (Å²) in [6.07, 6.45) is 1.62. The third kappa shape index (κ3) is 4.70. The van der Waals surface area contributed by atoms with Gasteiger partial charge in [0.15, 0.2) is 0 Å². The summed E-state index contributed by atoms with van der Waals surface area (Å²) >= 11 is 12.5. The van der Waals surface area contributed by atoms with Crippen LogP contribution in [0.3, 0.4) is 0 Å². The number of amides is 1. The molecule has 1 amide bonds. The molecule has 2 aromatic carbocycles. The number of nitrogens with zero attached hydrogens (tertiary/aromatic N) is 3. The molecule has 2 heterocycles. The van der Waals surface area contributed by atoms with Gasteiger partial charge in [0.25, 0.3) is 11.7 Å². The minimum atomic E-state index is -0.865. The number of ketones is 1. The Hall–Kier alpha value is -3.55. The van der Waals surface area contributed by atoms with Gasteiger partial charge < -0.3 is 19.6 Å². The van der Waals surface area contributed by atoms with Crippen LogP contribution in [0, 0.1) is 0 Å². The van der Waals surface area contributed by atoms with Crippen molar-refractivity contribution in [3.05, 3.63) is 93.2 Å². The second-order valence-corrected chi connectivity index (χ2v) is 9.05. The van der Waals surface area contributed by atoms with Gasteiger partial charge in [0.1, 0.15) is 11.5 Å². The van der Waals surface area contributed by atoms with Crippen LogP contribution in [0.15, 0.2) is 66.4 Å². The molecule has 0 aliphatic carbocycles. The zero-order chi connectivity index (χ0) is 25.3. The van der Waals surface area contributed by atoms with E-state index >= 15 is 0 Å². The Labute approximate surface area is 213 Å². The van der Waals surface area contributed by atoms with Crippen LogP contribution in [0.1, 0.15) is 22.9 Å². The number of likely N-dealkylation sites (tertiary alicyclic amines) is 1. The Bertz CT molecular complexity index is 1310. The van der Waals surface area contributed by atoms with E-state index in [0.29, 0.717) is 11.3 Å². The Kier molecular flexibility index (Phi) is 7.00. The maximum Gasteiger partial charge on any atom is 0.296 e. The summed E-state index contributed by atoms with van der Waals surface area (Å²) in [6.45, 7) is 0.0791. The van der Waals surface area contributed by atoms with Crippen LogP contribution in [0.5, 0.6) is 5.75 Å². The van der Waals surface area contributed by atoms with E-state index in [1.165, 1.54) is 24.1 Å². The molecule has 1 atom stereocenters. The minimum Gasteiger partial charge on any atom is -0.507 e. The van der Waals surface area contributed by atoms with Gasteiger partial charge in [0.2, 0.25) is 0 Å². The largest absolute Gasteiger partial charge is 0.507 e. The first-order valence-electron chi connectivity index (χ1n) is 10.7. The van der Waals surface area contributed by atoms with Gasteiger partial charge in [-0.3, -0.25) is 14.6 Å². The molecule has 180 valence electrons. The summed E-state index contributed by atoms with van der Waals surface area (Å²) in [5.41, 5.74) is 2.24. The molecule has 4 rings (SSSR count). The highest BCUT2D eigenvalue weighted by atomic mass is 35.5. The molecule has 3 aromatic rings. The fourth-order valence-corrected chi connectivity index (χ4v) is 4.67. The van der Waals surface area contributed by atoms with E-state index in [2.05, 4.69) is 4.98 Å². The monoisotopic (exact) mass is 511 g/mol. The molecule has 0 spiro atoms. The van der Waals surface area contributed by atoms with E-state index in [9.17, 15) is 14.7 Å². The number of aromatic nitrogens is 1. The van der Waals surface area contributed by atoms with E-state index in [1.807, 2.05) is 43.3 Å². The molecule has 1 unspecified atom stereocenters. The summed E-state index contributed by atoms with van der Waals surface area (Å²) in [5, 5.41) is 11.8. The molecule has 1 aliphatic rings. The van der Waals surface area contributed by atoms with E-state index in [0.717, 1.165) is 5.69 Å².